The van der Waals surface area contributed by atoms with E-state index in [1.165, 1.54) is 21.3 Å². The van der Waals surface area contributed by atoms with Crippen molar-refractivity contribution in [1.29, 1.82) is 0 Å². The second-order valence-electron chi connectivity index (χ2n) is 15.5. The zero-order valence-corrected chi connectivity index (χ0v) is 34.8. The Morgan fingerprint density at radius 2 is 0.917 bits per heavy atom. The fraction of sp³-hybridized carbons (Fsp3) is 0.408. The summed E-state index contributed by atoms with van der Waals surface area (Å²) in [7, 11) is 3.90. The molecular formula is C49H54O11. The maximum atomic E-state index is 12.7. The van der Waals surface area contributed by atoms with E-state index in [-0.39, 0.29) is 31.7 Å². The monoisotopic (exact) mass is 818 g/mol. The van der Waals surface area contributed by atoms with Gasteiger partial charge in [0.25, 0.3) is 0 Å². The Morgan fingerprint density at radius 3 is 1.30 bits per heavy atom. The first-order valence-electron chi connectivity index (χ1n) is 20.8. The molecular weight excluding hydrogens is 765 g/mol. The number of aldehydes is 2. The van der Waals surface area contributed by atoms with Gasteiger partial charge >= 0.3 is 17.9 Å². The van der Waals surface area contributed by atoms with Crippen molar-refractivity contribution in [2.75, 3.05) is 41.2 Å². The fourth-order valence-electron chi connectivity index (χ4n) is 8.63. The molecule has 316 valence electrons. The summed E-state index contributed by atoms with van der Waals surface area (Å²) in [4.78, 5) is 62.4. The average molecular weight is 819 g/mol. The van der Waals surface area contributed by atoms with Gasteiger partial charge in [0.1, 0.15) is 17.2 Å². The van der Waals surface area contributed by atoms with Gasteiger partial charge in [0.2, 0.25) is 0 Å². The molecule has 4 aromatic rings. The van der Waals surface area contributed by atoms with Crippen molar-refractivity contribution in [3.05, 3.63) is 111 Å². The van der Waals surface area contributed by atoms with Crippen LogP contribution in [0.3, 0.4) is 0 Å². The van der Waals surface area contributed by atoms with Crippen LogP contribution in [0.25, 0.3) is 11.1 Å². The molecule has 60 heavy (non-hydrogen) atoms. The summed E-state index contributed by atoms with van der Waals surface area (Å²) < 4.78 is 33.1. The molecule has 0 aromatic heterocycles. The van der Waals surface area contributed by atoms with E-state index in [1.807, 2.05) is 42.5 Å². The van der Waals surface area contributed by atoms with Crippen LogP contribution in [0.1, 0.15) is 130 Å². The van der Waals surface area contributed by atoms with Crippen molar-refractivity contribution in [2.45, 2.75) is 88.9 Å². The molecule has 0 aliphatic heterocycles. The second kappa shape index (κ2) is 21.3. The zero-order valence-electron chi connectivity index (χ0n) is 34.8. The van der Waals surface area contributed by atoms with Gasteiger partial charge in [0.15, 0.2) is 32.4 Å². The first-order valence-corrected chi connectivity index (χ1v) is 20.8. The van der Waals surface area contributed by atoms with E-state index in [0.29, 0.717) is 41.2 Å². The summed E-state index contributed by atoms with van der Waals surface area (Å²) in [6.45, 7) is -0.990. The third-order valence-electron chi connectivity index (χ3n) is 11.6. The van der Waals surface area contributed by atoms with Gasteiger partial charge in [-0.1, -0.05) is 81.0 Å². The number of hydrogen-bond acceptors (Lipinski definition) is 11. The van der Waals surface area contributed by atoms with Crippen molar-refractivity contribution >= 4 is 30.5 Å². The number of carbonyl (C=O) groups excluding carboxylic acids is 5. The molecule has 6 rings (SSSR count). The van der Waals surface area contributed by atoms with Crippen molar-refractivity contribution in [2.24, 2.45) is 0 Å². The Hall–Kier alpha value is -5.97. The van der Waals surface area contributed by atoms with E-state index in [4.69, 9.17) is 28.4 Å². The molecule has 0 saturated heterocycles. The van der Waals surface area contributed by atoms with Crippen LogP contribution in [0.5, 0.6) is 17.2 Å². The lowest BCUT2D eigenvalue weighted by atomic mass is 9.81. The van der Waals surface area contributed by atoms with E-state index in [1.54, 1.807) is 12.1 Å². The zero-order chi connectivity index (χ0) is 42.4. The maximum absolute atomic E-state index is 12.7. The van der Waals surface area contributed by atoms with Crippen LogP contribution in [-0.4, -0.2) is 71.6 Å². The quantitative estimate of drug-likeness (QED) is 0.0540. The third-order valence-corrected chi connectivity index (χ3v) is 11.6. The molecule has 2 fully saturated rings. The molecule has 0 atom stereocenters. The molecule has 0 bridgehead atoms. The molecule has 4 aromatic carbocycles. The lowest BCUT2D eigenvalue weighted by Gasteiger charge is -2.26. The van der Waals surface area contributed by atoms with Crippen LogP contribution in [0.4, 0.5) is 0 Å². The van der Waals surface area contributed by atoms with Gasteiger partial charge in [-0.2, -0.15) is 0 Å². The van der Waals surface area contributed by atoms with E-state index >= 15 is 0 Å². The van der Waals surface area contributed by atoms with Crippen LogP contribution in [0.15, 0.2) is 66.7 Å². The van der Waals surface area contributed by atoms with Crippen LogP contribution in [0, 0.1) is 0 Å². The molecule has 0 N–H and O–H groups in total. The van der Waals surface area contributed by atoms with E-state index in [0.717, 1.165) is 121 Å². The van der Waals surface area contributed by atoms with Gasteiger partial charge in [0, 0.05) is 12.8 Å². The minimum absolute atomic E-state index is 0.135. The largest absolute Gasteiger partial charge is 0.481 e. The first kappa shape index (κ1) is 43.6. The fourth-order valence-corrected chi connectivity index (χ4v) is 8.63. The number of esters is 3. The molecule has 11 nitrogen and oxygen atoms in total. The minimum Gasteiger partial charge on any atom is -0.481 e. The van der Waals surface area contributed by atoms with Gasteiger partial charge in [-0.3, -0.25) is 9.59 Å². The number of methoxy groups -OCH3 is 3. The summed E-state index contributed by atoms with van der Waals surface area (Å²) in [5, 5.41) is 0. The molecule has 11 heteroatoms. The van der Waals surface area contributed by atoms with Crippen molar-refractivity contribution in [1.82, 2.24) is 0 Å². The molecule has 2 aliphatic rings. The van der Waals surface area contributed by atoms with E-state index in [9.17, 15) is 24.0 Å². The van der Waals surface area contributed by atoms with Crippen LogP contribution in [0.2, 0.25) is 0 Å². The molecule has 0 unspecified atom stereocenters. The Morgan fingerprint density at radius 1 is 0.517 bits per heavy atom. The number of ether oxygens (including phenoxy) is 6. The SMILES string of the molecule is COC(=O)COc1c(Cc2cc(C=O)c(OCC(=O)OC)c(C3CCCCC3)c2)cc(-c2ccccc2)cc1Cc1cc(C=O)c(OCC(=O)OC)c(C2CCCCC2)c1. The Labute approximate surface area is 351 Å². The second-order valence-corrected chi connectivity index (χ2v) is 15.5. The molecule has 0 amide bonds. The van der Waals surface area contributed by atoms with Gasteiger partial charge in [-0.05, 0) is 106 Å². The van der Waals surface area contributed by atoms with Gasteiger partial charge in [0.05, 0.1) is 32.5 Å². The summed E-state index contributed by atoms with van der Waals surface area (Å²) in [6, 6.07) is 21.7. The summed E-state index contributed by atoms with van der Waals surface area (Å²) >= 11 is 0. The number of benzene rings is 4. The molecule has 0 spiro atoms. The van der Waals surface area contributed by atoms with Gasteiger partial charge in [-0.25, -0.2) is 14.4 Å². The van der Waals surface area contributed by atoms with Crippen LogP contribution in [-0.2, 0) is 41.4 Å². The first-order chi connectivity index (χ1) is 29.2. The molecule has 0 heterocycles. The molecule has 0 radical (unpaired) electrons. The van der Waals surface area contributed by atoms with Gasteiger partial charge < -0.3 is 28.4 Å². The normalized spacial score (nSPS) is 14.4. The lowest BCUT2D eigenvalue weighted by molar-refractivity contribution is -0.143. The Bertz CT molecular complexity index is 2030. The summed E-state index contributed by atoms with van der Waals surface area (Å²) in [5.41, 5.74) is 7.49. The van der Waals surface area contributed by atoms with Crippen molar-refractivity contribution < 1.29 is 52.4 Å². The maximum Gasteiger partial charge on any atom is 0.343 e. The predicted molar refractivity (Wildman–Crippen MR) is 225 cm³/mol. The highest BCUT2D eigenvalue weighted by Crippen LogP contribution is 2.43. The lowest BCUT2D eigenvalue weighted by Crippen LogP contribution is -2.17. The van der Waals surface area contributed by atoms with Crippen LogP contribution < -0.4 is 14.2 Å². The highest BCUT2D eigenvalue weighted by atomic mass is 16.6. The molecule has 2 saturated carbocycles. The van der Waals surface area contributed by atoms with Crippen molar-refractivity contribution in [3.63, 3.8) is 0 Å². The topological polar surface area (TPSA) is 141 Å². The van der Waals surface area contributed by atoms with Gasteiger partial charge in [-0.15, -0.1) is 0 Å². The third kappa shape index (κ3) is 11.0. The molecule has 2 aliphatic carbocycles. The smallest absolute Gasteiger partial charge is 0.343 e. The van der Waals surface area contributed by atoms with E-state index in [2.05, 4.69) is 12.1 Å². The minimum atomic E-state index is -0.552. The highest BCUT2D eigenvalue weighted by Gasteiger charge is 2.27. The van der Waals surface area contributed by atoms with E-state index < -0.39 is 17.9 Å². The summed E-state index contributed by atoms with van der Waals surface area (Å²) in [5.74, 6) is -0.0982. The Balaban J connectivity index is 1.50. The highest BCUT2D eigenvalue weighted by molar-refractivity contribution is 5.83. The summed E-state index contributed by atoms with van der Waals surface area (Å²) in [6.07, 6.45) is 12.3. The van der Waals surface area contributed by atoms with Crippen LogP contribution >= 0.6 is 0 Å². The average Bonchev–Trinajstić information content (AvgIpc) is 3.30. The Kier molecular flexibility index (Phi) is 15.5. The standard InChI is InChI=1S/C49H54O11/c1-55-44(52)29-58-47-38(19-32-21-40(27-50)48(59-30-45(53)56-2)42(23-32)35-15-9-5-10-16-35)25-37(34-13-7-4-8-14-34)26-39(47)20-33-22-41(28-51)49(60-31-46(54)57-3)43(24-33)36-17-11-6-12-18-36/h4,7-8,13-14,21-28,35-36H,5-6,9-12,15-20,29-31H2,1-3H3. The number of carbonyl (C=O) groups is 5. The predicted octanol–water partition coefficient (Wildman–Crippen LogP) is 8.91. The number of hydrogen-bond donors (Lipinski definition) is 0. The van der Waals surface area contributed by atoms with Crippen molar-refractivity contribution in [3.8, 4) is 28.4 Å². The number of rotatable bonds is 18.